The van der Waals surface area contributed by atoms with Gasteiger partial charge >= 0.3 is 5.97 Å². The predicted octanol–water partition coefficient (Wildman–Crippen LogP) is -1.26. The van der Waals surface area contributed by atoms with Crippen molar-refractivity contribution in [1.29, 1.82) is 0 Å². The maximum absolute atomic E-state index is 11.9. The average molecular weight is 296 g/mol. The van der Waals surface area contributed by atoms with E-state index in [4.69, 9.17) is 19.8 Å². The van der Waals surface area contributed by atoms with E-state index in [1.807, 2.05) is 12.5 Å². The Balaban J connectivity index is 0.000000315. The first-order valence-corrected chi connectivity index (χ1v) is 7.03. The highest BCUT2D eigenvalue weighted by atomic mass is 16.4. The molecule has 0 aromatic carbocycles. The van der Waals surface area contributed by atoms with Gasteiger partial charge in [-0.1, -0.05) is 19.3 Å². The summed E-state index contributed by atoms with van der Waals surface area (Å²) >= 11 is 0. The van der Waals surface area contributed by atoms with Crippen LogP contribution in [-0.2, 0) is 14.4 Å². The number of Topliss-reactive ketones (excluding diaryl/α,β-unsaturated/α-hetero) is 1. The van der Waals surface area contributed by atoms with Gasteiger partial charge in [-0.25, -0.2) is 9.79 Å². The number of aliphatic carboxylic acids is 2. The zero-order chi connectivity index (χ0) is 15.7. The lowest BCUT2D eigenvalue weighted by Gasteiger charge is -2.20. The zero-order valence-electron chi connectivity index (χ0n) is 11.8. The van der Waals surface area contributed by atoms with E-state index in [-0.39, 0.29) is 0 Å². The van der Waals surface area contributed by atoms with Crippen LogP contribution in [0.3, 0.4) is 0 Å². The topological polar surface area (TPSA) is 111 Å². The van der Waals surface area contributed by atoms with Gasteiger partial charge in [0.2, 0.25) is 0 Å². The van der Waals surface area contributed by atoms with Crippen molar-refractivity contribution in [2.45, 2.75) is 38.5 Å². The van der Waals surface area contributed by atoms with Gasteiger partial charge in [-0.2, -0.15) is 0 Å². The highest BCUT2D eigenvalue weighted by Gasteiger charge is 2.21. The van der Waals surface area contributed by atoms with E-state index in [0.717, 1.165) is 19.4 Å². The third kappa shape index (κ3) is 6.80. The molecule has 1 unspecified atom stereocenters. The number of carboxylic acid groups (broad SMARTS) is 2. The summed E-state index contributed by atoms with van der Waals surface area (Å²) in [4.78, 5) is 35.1. The van der Waals surface area contributed by atoms with Crippen LogP contribution in [0.5, 0.6) is 0 Å². The van der Waals surface area contributed by atoms with Crippen molar-refractivity contribution >= 4 is 24.1 Å². The second-order valence-corrected chi connectivity index (χ2v) is 5.06. The summed E-state index contributed by atoms with van der Waals surface area (Å²) in [5.41, 5.74) is 0. The fourth-order valence-corrected chi connectivity index (χ4v) is 2.36. The first-order chi connectivity index (χ1) is 10.0. The molecule has 1 saturated carbocycles. The largest absolute Gasteiger partial charge is 0.539 e. The van der Waals surface area contributed by atoms with Crippen molar-refractivity contribution in [2.24, 2.45) is 10.9 Å². The van der Waals surface area contributed by atoms with E-state index >= 15 is 0 Å². The molecule has 7 nitrogen and oxygen atoms in total. The summed E-state index contributed by atoms with van der Waals surface area (Å²) in [6, 6.07) is 0. The van der Waals surface area contributed by atoms with Crippen LogP contribution in [0.1, 0.15) is 38.5 Å². The standard InChI is InChI=1S/C12H18N2O.C2H2O4/c15-12(11-4-2-1-3-5-11)6-8-14-9-7-13-10-14;3-1(4)2(5)6/h7,9-11H,1-6,8H2;(H,3,4)(H,5,6). The van der Waals surface area contributed by atoms with Crippen LogP contribution in [-0.4, -0.2) is 35.7 Å². The smallest absolute Gasteiger partial charge is 0.351 e. The molecule has 0 spiro atoms. The average Bonchev–Trinajstić information content (AvgIpc) is 2.99. The Hall–Kier alpha value is -2.02. The molecule has 21 heavy (non-hydrogen) atoms. The van der Waals surface area contributed by atoms with Gasteiger partial charge in [-0.05, 0) is 12.8 Å². The number of ketones is 1. The van der Waals surface area contributed by atoms with Crippen molar-refractivity contribution in [1.82, 2.24) is 0 Å². The summed E-state index contributed by atoms with van der Waals surface area (Å²) in [7, 11) is 0. The summed E-state index contributed by atoms with van der Waals surface area (Å²) in [5, 5.41) is 16.3. The minimum atomic E-state index is -2.07. The van der Waals surface area contributed by atoms with Gasteiger partial charge in [0.1, 0.15) is 12.0 Å². The molecule has 7 heteroatoms. The second kappa shape index (κ2) is 9.02. The third-order valence-corrected chi connectivity index (χ3v) is 3.51. The Labute approximate surface area is 123 Å². The molecule has 0 amide bonds. The zero-order valence-corrected chi connectivity index (χ0v) is 11.8. The Morgan fingerprint density at radius 1 is 1.24 bits per heavy atom. The highest BCUT2D eigenvalue weighted by Crippen LogP contribution is 2.24. The number of nitrogens with zero attached hydrogens (tertiary/aromatic N) is 1. The van der Waals surface area contributed by atoms with E-state index in [0.29, 0.717) is 18.1 Å². The quantitative estimate of drug-likeness (QED) is 0.629. The highest BCUT2D eigenvalue weighted by molar-refractivity contribution is 6.26. The van der Waals surface area contributed by atoms with Crippen LogP contribution in [0.25, 0.3) is 0 Å². The van der Waals surface area contributed by atoms with Crippen LogP contribution in [0, 0.1) is 5.92 Å². The lowest BCUT2D eigenvalue weighted by atomic mass is 9.85. The monoisotopic (exact) mass is 296 g/mol. The summed E-state index contributed by atoms with van der Waals surface area (Å²) < 4.78 is 0. The van der Waals surface area contributed by atoms with E-state index in [9.17, 15) is 4.79 Å². The summed E-state index contributed by atoms with van der Waals surface area (Å²) in [6.07, 6.45) is 12.4. The number of rotatable bonds is 4. The van der Waals surface area contributed by atoms with Crippen molar-refractivity contribution in [3.05, 3.63) is 12.4 Å². The molecule has 116 valence electrons. The number of quaternary nitrogens is 1. The molecular weight excluding hydrogens is 276 g/mol. The molecule has 1 fully saturated rings. The second-order valence-electron chi connectivity index (χ2n) is 5.06. The lowest BCUT2D eigenvalue weighted by molar-refractivity contribution is -0.735. The van der Waals surface area contributed by atoms with Crippen molar-refractivity contribution < 1.29 is 29.5 Å². The fourth-order valence-electron chi connectivity index (χ4n) is 2.36. The Bertz CT molecular complexity index is 415. The summed E-state index contributed by atoms with van der Waals surface area (Å²) in [6.45, 7) is 0.870. The van der Waals surface area contributed by atoms with Crippen LogP contribution in [0.2, 0.25) is 0 Å². The molecule has 2 N–H and O–H groups in total. The third-order valence-electron chi connectivity index (χ3n) is 3.51. The normalized spacial score (nSPS) is 20.7. The van der Waals surface area contributed by atoms with Crippen molar-refractivity contribution in [2.75, 3.05) is 6.54 Å². The number of carbonyl (C=O) groups excluding carboxylic acids is 2. The van der Waals surface area contributed by atoms with E-state index in [1.54, 1.807) is 6.20 Å². The number of carbonyl (C=O) groups is 3. The Kier molecular flexibility index (Phi) is 7.31. The fraction of sp³-hybridized carbons (Fsp3) is 0.571. The van der Waals surface area contributed by atoms with Crippen LogP contribution in [0.15, 0.2) is 17.4 Å². The van der Waals surface area contributed by atoms with Gasteiger partial charge in [0.05, 0.1) is 19.2 Å². The molecular formula is C14H20N2O5. The number of aliphatic imine (C=N–C) groups is 1. The van der Waals surface area contributed by atoms with E-state index < -0.39 is 11.9 Å². The van der Waals surface area contributed by atoms with Gasteiger partial charge in [-0.15, -0.1) is 0 Å². The minimum absolute atomic E-state index is 0.363. The lowest BCUT2D eigenvalue weighted by Crippen LogP contribution is -3.05. The van der Waals surface area contributed by atoms with Gasteiger partial charge in [0.25, 0.3) is 0 Å². The Morgan fingerprint density at radius 3 is 2.33 bits per heavy atom. The maximum atomic E-state index is 11.9. The summed E-state index contributed by atoms with van der Waals surface area (Å²) in [5.74, 6) is -3.18. The predicted molar refractivity (Wildman–Crippen MR) is 72.3 cm³/mol. The maximum Gasteiger partial charge on any atom is 0.351 e. The number of carboxylic acids is 2. The first kappa shape index (κ1) is 17.0. The van der Waals surface area contributed by atoms with Crippen molar-refractivity contribution in [3.63, 3.8) is 0 Å². The van der Waals surface area contributed by atoms with Gasteiger partial charge in [0, 0.05) is 5.92 Å². The minimum Gasteiger partial charge on any atom is -0.539 e. The van der Waals surface area contributed by atoms with E-state index in [2.05, 4.69) is 4.99 Å². The first-order valence-electron chi connectivity index (χ1n) is 7.03. The molecule has 1 atom stereocenters. The van der Waals surface area contributed by atoms with Crippen LogP contribution < -0.4 is 10.0 Å². The molecule has 1 aliphatic heterocycles. The number of hydrogen-bond acceptors (Lipinski definition) is 5. The molecule has 0 aromatic rings. The molecule has 0 saturated heterocycles. The van der Waals surface area contributed by atoms with E-state index in [1.165, 1.54) is 24.2 Å². The number of hydrogen-bond donors (Lipinski definition) is 2. The Morgan fingerprint density at radius 2 is 1.86 bits per heavy atom. The van der Waals surface area contributed by atoms with Crippen LogP contribution in [0.4, 0.5) is 0 Å². The van der Waals surface area contributed by atoms with Crippen LogP contribution >= 0.6 is 0 Å². The van der Waals surface area contributed by atoms with Crippen molar-refractivity contribution in [3.8, 4) is 0 Å². The molecule has 1 heterocycles. The van der Waals surface area contributed by atoms with Gasteiger partial charge in [-0.3, -0.25) is 9.69 Å². The van der Waals surface area contributed by atoms with Gasteiger partial charge in [0.15, 0.2) is 12.3 Å². The molecule has 0 radical (unpaired) electrons. The van der Waals surface area contributed by atoms with Gasteiger partial charge < -0.3 is 15.0 Å². The molecule has 2 aliphatic rings. The molecule has 1 aliphatic carbocycles. The molecule has 0 aromatic heterocycles. The SMILES string of the molecule is O=C(CC[NH+]1C=CN=C1)C1CCCCC1.O=C([O-])C(=O)O. The number of nitrogens with one attached hydrogen (secondary N) is 1. The molecule has 2 rings (SSSR count). The molecule has 0 bridgehead atoms.